The summed E-state index contributed by atoms with van der Waals surface area (Å²) >= 11 is 5.66. The monoisotopic (exact) mass is 239 g/mol. The van der Waals surface area contributed by atoms with Crippen molar-refractivity contribution < 1.29 is 17.9 Å². The van der Waals surface area contributed by atoms with E-state index >= 15 is 0 Å². The van der Waals surface area contributed by atoms with Gasteiger partial charge >= 0.3 is 6.18 Å². The van der Waals surface area contributed by atoms with Crippen molar-refractivity contribution in [1.29, 1.82) is 0 Å². The highest BCUT2D eigenvalue weighted by Crippen LogP contribution is 2.37. The van der Waals surface area contributed by atoms with Crippen LogP contribution in [0.25, 0.3) is 0 Å². The lowest BCUT2D eigenvalue weighted by Crippen LogP contribution is -2.12. The molecule has 0 aromatic heterocycles. The molecule has 15 heavy (non-hydrogen) atoms. The first kappa shape index (κ1) is 12.1. The third kappa shape index (κ3) is 2.54. The third-order valence-corrected chi connectivity index (χ3v) is 2.25. The fraction of sp³-hybridized carbons (Fsp3) is 0.333. The first-order valence-corrected chi connectivity index (χ1v) is 4.41. The Morgan fingerprint density at radius 3 is 2.40 bits per heavy atom. The minimum atomic E-state index is -4.48. The van der Waals surface area contributed by atoms with Crippen molar-refractivity contribution in [1.82, 2.24) is 0 Å². The quantitative estimate of drug-likeness (QED) is 0.861. The van der Waals surface area contributed by atoms with Crippen LogP contribution in [0.1, 0.15) is 11.1 Å². The molecular formula is C9H9ClF3NO. The molecule has 0 saturated carbocycles. The van der Waals surface area contributed by atoms with Gasteiger partial charge in [-0.2, -0.15) is 13.2 Å². The van der Waals surface area contributed by atoms with Crippen molar-refractivity contribution >= 4 is 11.6 Å². The lowest BCUT2D eigenvalue weighted by atomic mass is 10.1. The van der Waals surface area contributed by atoms with Crippen LogP contribution in [-0.2, 0) is 12.7 Å². The van der Waals surface area contributed by atoms with E-state index in [-0.39, 0.29) is 22.9 Å². The van der Waals surface area contributed by atoms with Crippen molar-refractivity contribution in [3.8, 4) is 5.75 Å². The first-order chi connectivity index (χ1) is 6.90. The van der Waals surface area contributed by atoms with Gasteiger partial charge in [0.1, 0.15) is 5.75 Å². The molecule has 0 saturated heterocycles. The molecule has 0 atom stereocenters. The molecule has 1 aromatic rings. The van der Waals surface area contributed by atoms with E-state index in [1.165, 1.54) is 13.2 Å². The van der Waals surface area contributed by atoms with Gasteiger partial charge in [0.05, 0.1) is 12.7 Å². The average molecular weight is 240 g/mol. The van der Waals surface area contributed by atoms with Gasteiger partial charge in [0.2, 0.25) is 0 Å². The Labute approximate surface area is 89.8 Å². The fourth-order valence-electron chi connectivity index (χ4n) is 1.19. The second-order valence-corrected chi connectivity index (χ2v) is 3.24. The summed E-state index contributed by atoms with van der Waals surface area (Å²) in [6, 6.07) is 2.19. The predicted molar refractivity (Wildman–Crippen MR) is 50.9 cm³/mol. The van der Waals surface area contributed by atoms with Gasteiger partial charge in [-0.05, 0) is 17.7 Å². The maximum atomic E-state index is 12.6. The number of alkyl halides is 3. The van der Waals surface area contributed by atoms with Crippen molar-refractivity contribution in [3.05, 3.63) is 28.3 Å². The fourth-order valence-corrected chi connectivity index (χ4v) is 1.48. The van der Waals surface area contributed by atoms with Crippen molar-refractivity contribution in [3.63, 3.8) is 0 Å². The molecule has 2 N–H and O–H groups in total. The molecule has 2 nitrogen and oxygen atoms in total. The van der Waals surface area contributed by atoms with Crippen molar-refractivity contribution in [2.24, 2.45) is 5.73 Å². The third-order valence-electron chi connectivity index (χ3n) is 1.91. The molecule has 0 bridgehead atoms. The van der Waals surface area contributed by atoms with Crippen molar-refractivity contribution in [2.45, 2.75) is 12.7 Å². The Morgan fingerprint density at radius 1 is 1.40 bits per heavy atom. The molecule has 1 rings (SSSR count). The van der Waals surface area contributed by atoms with Crippen LogP contribution in [0, 0.1) is 0 Å². The molecule has 0 heterocycles. The molecule has 0 radical (unpaired) electrons. The number of benzene rings is 1. The summed E-state index contributed by atoms with van der Waals surface area (Å²) in [7, 11) is 1.27. The van der Waals surface area contributed by atoms with E-state index in [2.05, 4.69) is 0 Å². The van der Waals surface area contributed by atoms with Crippen LogP contribution in [0.4, 0.5) is 13.2 Å². The highest BCUT2D eigenvalue weighted by Gasteiger charge is 2.34. The predicted octanol–water partition coefficient (Wildman–Crippen LogP) is 2.83. The molecule has 0 fully saturated rings. The zero-order chi connectivity index (χ0) is 11.6. The van der Waals surface area contributed by atoms with Crippen LogP contribution >= 0.6 is 11.6 Å². The van der Waals surface area contributed by atoms with E-state index in [1.807, 2.05) is 0 Å². The topological polar surface area (TPSA) is 35.2 Å². The van der Waals surface area contributed by atoms with Crippen LogP contribution in [0.3, 0.4) is 0 Å². The van der Waals surface area contributed by atoms with Crippen LogP contribution in [0.5, 0.6) is 5.75 Å². The van der Waals surface area contributed by atoms with Gasteiger partial charge in [-0.15, -0.1) is 0 Å². The van der Waals surface area contributed by atoms with Gasteiger partial charge in [-0.1, -0.05) is 11.6 Å². The van der Waals surface area contributed by atoms with Gasteiger partial charge in [-0.3, -0.25) is 0 Å². The maximum Gasteiger partial charge on any atom is 0.416 e. The molecular weight excluding hydrogens is 231 g/mol. The number of hydrogen-bond donors (Lipinski definition) is 1. The Balaban J connectivity index is 3.39. The summed E-state index contributed by atoms with van der Waals surface area (Å²) in [4.78, 5) is 0. The molecule has 84 valence electrons. The highest BCUT2D eigenvalue weighted by atomic mass is 35.5. The molecule has 6 heteroatoms. The Hall–Kier alpha value is -0.940. The van der Waals surface area contributed by atoms with E-state index < -0.39 is 11.7 Å². The van der Waals surface area contributed by atoms with Crippen LogP contribution in [-0.4, -0.2) is 7.11 Å². The Morgan fingerprint density at radius 2 is 2.00 bits per heavy atom. The number of hydrogen-bond acceptors (Lipinski definition) is 2. The summed E-state index contributed by atoms with van der Waals surface area (Å²) in [5, 5.41) is -0.0378. The van der Waals surface area contributed by atoms with E-state index in [9.17, 15) is 13.2 Å². The summed E-state index contributed by atoms with van der Waals surface area (Å²) in [6.45, 7) is -0.266. The smallest absolute Gasteiger partial charge is 0.416 e. The molecule has 0 unspecified atom stereocenters. The van der Waals surface area contributed by atoms with Gasteiger partial charge in [0, 0.05) is 11.6 Å². The van der Waals surface area contributed by atoms with Gasteiger partial charge < -0.3 is 10.5 Å². The van der Waals surface area contributed by atoms with Crippen LogP contribution in [0.15, 0.2) is 12.1 Å². The summed E-state index contributed by atoms with van der Waals surface area (Å²) < 4.78 is 42.4. The van der Waals surface area contributed by atoms with Gasteiger partial charge in [-0.25, -0.2) is 0 Å². The Kier molecular flexibility index (Phi) is 3.46. The lowest BCUT2D eigenvalue weighted by molar-refractivity contribution is -0.138. The molecule has 0 spiro atoms. The average Bonchev–Trinajstić information content (AvgIpc) is 2.15. The van der Waals surface area contributed by atoms with E-state index in [4.69, 9.17) is 22.1 Å². The largest absolute Gasteiger partial charge is 0.497 e. The minimum absolute atomic E-state index is 0.0378. The zero-order valence-electron chi connectivity index (χ0n) is 7.86. The molecule has 0 aliphatic carbocycles. The number of rotatable bonds is 2. The molecule has 0 aliphatic rings. The molecule has 0 aliphatic heterocycles. The van der Waals surface area contributed by atoms with Gasteiger partial charge in [0.15, 0.2) is 0 Å². The number of methoxy groups -OCH3 is 1. The maximum absolute atomic E-state index is 12.6. The summed E-state index contributed by atoms with van der Waals surface area (Å²) in [5.74, 6) is 0.0597. The standard InChI is InChI=1S/C9H9ClF3NO/c1-15-5-2-7(9(11,12)13)6(4-14)8(10)3-5/h2-3H,4,14H2,1H3. The number of nitrogens with two attached hydrogens (primary N) is 1. The van der Waals surface area contributed by atoms with Crippen LogP contribution in [0.2, 0.25) is 5.02 Å². The normalized spacial score (nSPS) is 11.6. The van der Waals surface area contributed by atoms with Crippen LogP contribution < -0.4 is 10.5 Å². The highest BCUT2D eigenvalue weighted by molar-refractivity contribution is 6.31. The number of ether oxygens (including phenoxy) is 1. The first-order valence-electron chi connectivity index (χ1n) is 4.03. The van der Waals surface area contributed by atoms with Crippen molar-refractivity contribution in [2.75, 3.05) is 7.11 Å². The Bertz CT molecular complexity index is 365. The summed E-state index contributed by atoms with van der Waals surface area (Å²) in [6.07, 6.45) is -4.48. The van der Waals surface area contributed by atoms with Gasteiger partial charge in [0.25, 0.3) is 0 Å². The summed E-state index contributed by atoms with van der Waals surface area (Å²) in [5.41, 5.74) is 4.24. The van der Waals surface area contributed by atoms with E-state index in [0.29, 0.717) is 0 Å². The SMILES string of the molecule is COc1cc(Cl)c(CN)c(C(F)(F)F)c1. The molecule has 0 amide bonds. The number of halogens is 4. The zero-order valence-corrected chi connectivity index (χ0v) is 8.62. The van der Waals surface area contributed by atoms with E-state index in [1.54, 1.807) is 0 Å². The minimum Gasteiger partial charge on any atom is -0.497 e. The lowest BCUT2D eigenvalue weighted by Gasteiger charge is -2.14. The van der Waals surface area contributed by atoms with E-state index in [0.717, 1.165) is 6.07 Å². The molecule has 1 aromatic carbocycles. The second-order valence-electron chi connectivity index (χ2n) is 2.84. The second kappa shape index (κ2) is 4.28.